The van der Waals surface area contributed by atoms with Gasteiger partial charge in [0.2, 0.25) is 5.13 Å². The third-order valence-electron chi connectivity index (χ3n) is 3.43. The maximum absolute atomic E-state index is 5.82. The van der Waals surface area contributed by atoms with E-state index in [0.717, 1.165) is 11.3 Å². The van der Waals surface area contributed by atoms with Crippen LogP contribution in [0.3, 0.4) is 0 Å². The minimum atomic E-state index is 0.493. The third-order valence-corrected chi connectivity index (χ3v) is 4.20. The van der Waals surface area contributed by atoms with Crippen LogP contribution in [0.25, 0.3) is 0 Å². The number of benzene rings is 2. The molecule has 0 bridgehead atoms. The van der Waals surface area contributed by atoms with Gasteiger partial charge >= 0.3 is 0 Å². The Labute approximate surface area is 144 Å². The highest BCUT2D eigenvalue weighted by Gasteiger charge is 1.99. The molecular formula is C18H18N4OS. The number of nitrogens with zero attached hydrogens (tertiary/aromatic N) is 2. The van der Waals surface area contributed by atoms with Crippen molar-refractivity contribution in [1.29, 1.82) is 0 Å². The number of aryl methyl sites for hydroxylation is 1. The van der Waals surface area contributed by atoms with Crippen molar-refractivity contribution in [2.45, 2.75) is 13.5 Å². The standard InChI is InChI=1S/C18H18N4OS/c1-13-4-2-3-5-15(13)11-23-16-8-6-14(7-9-16)10-20-22-18-21-17(19)12-24-18/h2-10,12H,11,19H2,1H3,(H,21,22). The van der Waals surface area contributed by atoms with E-state index >= 15 is 0 Å². The first-order valence-corrected chi connectivity index (χ1v) is 8.36. The zero-order chi connectivity index (χ0) is 16.8. The number of hydrogen-bond acceptors (Lipinski definition) is 6. The van der Waals surface area contributed by atoms with Crippen LogP contribution in [0.4, 0.5) is 10.9 Å². The van der Waals surface area contributed by atoms with Gasteiger partial charge in [0.1, 0.15) is 18.2 Å². The molecule has 0 atom stereocenters. The van der Waals surface area contributed by atoms with Gasteiger partial charge in [-0.1, -0.05) is 24.3 Å². The molecule has 3 rings (SSSR count). The van der Waals surface area contributed by atoms with Gasteiger partial charge in [-0.15, -0.1) is 11.3 Å². The Hall–Kier alpha value is -2.86. The molecule has 5 nitrogen and oxygen atoms in total. The highest BCUT2D eigenvalue weighted by molar-refractivity contribution is 7.14. The van der Waals surface area contributed by atoms with Crippen LogP contribution in [-0.2, 0) is 6.61 Å². The number of nitrogen functional groups attached to an aromatic ring is 1. The second-order valence-corrected chi connectivity index (χ2v) is 6.09. The summed E-state index contributed by atoms with van der Waals surface area (Å²) in [6, 6.07) is 16.0. The van der Waals surface area contributed by atoms with Crippen molar-refractivity contribution in [2.75, 3.05) is 11.2 Å². The Morgan fingerprint density at radius 3 is 2.71 bits per heavy atom. The van der Waals surface area contributed by atoms with E-state index in [2.05, 4.69) is 34.6 Å². The van der Waals surface area contributed by atoms with Gasteiger partial charge in [0.05, 0.1) is 6.21 Å². The molecule has 1 aromatic heterocycles. The van der Waals surface area contributed by atoms with Crippen molar-refractivity contribution in [3.05, 3.63) is 70.6 Å². The molecule has 0 saturated heterocycles. The number of ether oxygens (including phenoxy) is 1. The van der Waals surface area contributed by atoms with Gasteiger partial charge in [-0.3, -0.25) is 5.43 Å². The predicted octanol–water partition coefficient (Wildman–Crippen LogP) is 4.06. The summed E-state index contributed by atoms with van der Waals surface area (Å²) in [7, 11) is 0. The quantitative estimate of drug-likeness (QED) is 0.525. The molecule has 0 aliphatic carbocycles. The molecule has 6 heteroatoms. The Morgan fingerprint density at radius 2 is 2.00 bits per heavy atom. The summed E-state index contributed by atoms with van der Waals surface area (Å²) in [6.07, 6.45) is 1.72. The van der Waals surface area contributed by atoms with Crippen molar-refractivity contribution >= 4 is 28.5 Å². The summed E-state index contributed by atoms with van der Waals surface area (Å²) in [5.41, 5.74) is 11.8. The number of thiazole rings is 1. The summed E-state index contributed by atoms with van der Waals surface area (Å²) in [4.78, 5) is 4.07. The number of hydrogen-bond donors (Lipinski definition) is 2. The van der Waals surface area contributed by atoms with E-state index in [0.29, 0.717) is 17.6 Å². The van der Waals surface area contributed by atoms with Gasteiger partial charge in [0, 0.05) is 5.38 Å². The minimum Gasteiger partial charge on any atom is -0.489 e. The molecule has 0 saturated carbocycles. The van der Waals surface area contributed by atoms with Crippen LogP contribution in [0.5, 0.6) is 5.75 Å². The number of aromatic nitrogens is 1. The normalized spacial score (nSPS) is 10.9. The van der Waals surface area contributed by atoms with Gasteiger partial charge in [-0.2, -0.15) is 5.10 Å². The smallest absolute Gasteiger partial charge is 0.205 e. The van der Waals surface area contributed by atoms with E-state index in [-0.39, 0.29) is 0 Å². The maximum atomic E-state index is 5.82. The van der Waals surface area contributed by atoms with Crippen LogP contribution >= 0.6 is 11.3 Å². The molecule has 1 heterocycles. The molecule has 0 spiro atoms. The molecule has 2 aromatic carbocycles. The number of nitrogens with two attached hydrogens (primary N) is 1. The third kappa shape index (κ3) is 4.33. The van der Waals surface area contributed by atoms with Crippen LogP contribution in [0.15, 0.2) is 59.0 Å². The van der Waals surface area contributed by atoms with E-state index < -0.39 is 0 Å². The fourth-order valence-corrected chi connectivity index (χ4v) is 2.63. The van der Waals surface area contributed by atoms with Gasteiger partial charge in [-0.25, -0.2) is 4.98 Å². The highest BCUT2D eigenvalue weighted by atomic mass is 32.1. The lowest BCUT2D eigenvalue weighted by Crippen LogP contribution is -1.97. The molecule has 0 unspecified atom stereocenters. The topological polar surface area (TPSA) is 72.5 Å². The first-order valence-electron chi connectivity index (χ1n) is 7.48. The van der Waals surface area contributed by atoms with Crippen molar-refractivity contribution in [3.63, 3.8) is 0 Å². The Kier molecular flexibility index (Phi) is 5.08. The number of hydrazone groups is 1. The van der Waals surface area contributed by atoms with Crippen molar-refractivity contribution < 1.29 is 4.74 Å². The number of nitrogens with one attached hydrogen (secondary N) is 1. The minimum absolute atomic E-state index is 0.493. The zero-order valence-electron chi connectivity index (χ0n) is 13.3. The Balaban J connectivity index is 1.54. The summed E-state index contributed by atoms with van der Waals surface area (Å²) < 4.78 is 5.82. The molecule has 0 aliphatic heterocycles. The average Bonchev–Trinajstić information content (AvgIpc) is 3.01. The van der Waals surface area contributed by atoms with Crippen LogP contribution < -0.4 is 15.9 Å². The molecule has 122 valence electrons. The second kappa shape index (κ2) is 7.61. The number of rotatable bonds is 6. The molecule has 3 N–H and O–H groups in total. The molecular weight excluding hydrogens is 320 g/mol. The van der Waals surface area contributed by atoms with E-state index in [4.69, 9.17) is 10.5 Å². The van der Waals surface area contributed by atoms with Crippen molar-refractivity contribution in [1.82, 2.24) is 4.98 Å². The lowest BCUT2D eigenvalue weighted by Gasteiger charge is -2.08. The SMILES string of the molecule is Cc1ccccc1COc1ccc(C=NNc2nc(N)cs2)cc1. The second-order valence-electron chi connectivity index (χ2n) is 5.23. The predicted molar refractivity (Wildman–Crippen MR) is 99.7 cm³/mol. The highest BCUT2D eigenvalue weighted by Crippen LogP contribution is 2.17. The first kappa shape index (κ1) is 16.0. The van der Waals surface area contributed by atoms with Crippen molar-refractivity contribution in [2.24, 2.45) is 5.10 Å². The van der Waals surface area contributed by atoms with Crippen LogP contribution in [-0.4, -0.2) is 11.2 Å². The lowest BCUT2D eigenvalue weighted by molar-refractivity contribution is 0.305. The average molecular weight is 338 g/mol. The van der Waals surface area contributed by atoms with Crippen molar-refractivity contribution in [3.8, 4) is 5.75 Å². The van der Waals surface area contributed by atoms with Crippen LogP contribution in [0.2, 0.25) is 0 Å². The molecule has 3 aromatic rings. The molecule has 0 fully saturated rings. The number of anilines is 2. The zero-order valence-corrected chi connectivity index (χ0v) is 14.1. The van der Waals surface area contributed by atoms with E-state index in [1.165, 1.54) is 22.5 Å². The van der Waals surface area contributed by atoms with Gasteiger partial charge in [-0.05, 0) is 47.9 Å². The molecule has 0 radical (unpaired) electrons. The molecule has 0 aliphatic rings. The van der Waals surface area contributed by atoms with Crippen LogP contribution in [0, 0.1) is 6.92 Å². The Bertz CT molecular complexity index is 827. The molecule has 0 amide bonds. The van der Waals surface area contributed by atoms with E-state index in [1.54, 1.807) is 11.6 Å². The van der Waals surface area contributed by atoms with Crippen LogP contribution in [0.1, 0.15) is 16.7 Å². The lowest BCUT2D eigenvalue weighted by atomic mass is 10.1. The summed E-state index contributed by atoms with van der Waals surface area (Å²) in [6.45, 7) is 2.65. The van der Waals surface area contributed by atoms with Gasteiger partial charge < -0.3 is 10.5 Å². The largest absolute Gasteiger partial charge is 0.489 e. The summed E-state index contributed by atoms with van der Waals surface area (Å²) in [5.74, 6) is 1.32. The first-order chi connectivity index (χ1) is 11.7. The summed E-state index contributed by atoms with van der Waals surface area (Å²) in [5, 5.41) is 6.57. The Morgan fingerprint density at radius 1 is 1.21 bits per heavy atom. The fraction of sp³-hybridized carbons (Fsp3) is 0.111. The molecule has 24 heavy (non-hydrogen) atoms. The fourth-order valence-electron chi connectivity index (χ4n) is 2.08. The maximum Gasteiger partial charge on any atom is 0.205 e. The summed E-state index contributed by atoms with van der Waals surface area (Å²) >= 11 is 1.41. The van der Waals surface area contributed by atoms with E-state index in [9.17, 15) is 0 Å². The van der Waals surface area contributed by atoms with Gasteiger partial charge in [0.15, 0.2) is 0 Å². The van der Waals surface area contributed by atoms with Gasteiger partial charge in [0.25, 0.3) is 0 Å². The van der Waals surface area contributed by atoms with E-state index in [1.807, 2.05) is 36.4 Å². The monoisotopic (exact) mass is 338 g/mol.